The van der Waals surface area contributed by atoms with E-state index in [4.69, 9.17) is 9.47 Å². The van der Waals surface area contributed by atoms with Gasteiger partial charge in [0, 0.05) is 13.8 Å². The van der Waals surface area contributed by atoms with Crippen LogP contribution in [-0.2, 0) is 19.9 Å². The molecule has 18 heavy (non-hydrogen) atoms. The molecule has 0 saturated carbocycles. The molecule has 0 radical (unpaired) electrons. The van der Waals surface area contributed by atoms with Gasteiger partial charge < -0.3 is 9.47 Å². The maximum atomic E-state index is 11.1. The van der Waals surface area contributed by atoms with Gasteiger partial charge >= 0.3 is 11.9 Å². The number of carbonyl (C=O) groups excluding carboxylic acids is 2. The Kier molecular flexibility index (Phi) is 4.26. The molecule has 0 aliphatic rings. The molecule has 4 heteroatoms. The van der Waals surface area contributed by atoms with Gasteiger partial charge in [0.15, 0.2) is 5.60 Å². The molecule has 0 spiro atoms. The first kappa shape index (κ1) is 14.0. The van der Waals surface area contributed by atoms with Crippen molar-refractivity contribution in [3.63, 3.8) is 0 Å². The molecule has 0 saturated heterocycles. The average molecular weight is 248 g/mol. The third kappa shape index (κ3) is 3.45. The third-order valence-electron chi connectivity index (χ3n) is 2.43. The molecule has 0 aliphatic carbocycles. The standard InChI is InChI=1S/C14H16O4/c1-5-14(4,18-11(3)16)12-6-8-13(9-7-12)17-10(2)15/h5-9H,1H2,2-4H3/t14-/m1/s1. The topological polar surface area (TPSA) is 52.6 Å². The molecular formula is C14H16O4. The van der Waals surface area contributed by atoms with Crippen LogP contribution in [0.2, 0.25) is 0 Å². The van der Waals surface area contributed by atoms with E-state index in [2.05, 4.69) is 6.58 Å². The fourth-order valence-electron chi connectivity index (χ4n) is 1.54. The molecule has 1 aromatic rings. The summed E-state index contributed by atoms with van der Waals surface area (Å²) in [6.45, 7) is 8.08. The van der Waals surface area contributed by atoms with Crippen molar-refractivity contribution in [3.05, 3.63) is 42.5 Å². The molecule has 0 N–H and O–H groups in total. The van der Waals surface area contributed by atoms with Gasteiger partial charge in [-0.3, -0.25) is 9.59 Å². The Morgan fingerprint density at radius 3 is 2.11 bits per heavy atom. The van der Waals surface area contributed by atoms with E-state index in [1.165, 1.54) is 13.8 Å². The van der Waals surface area contributed by atoms with Crippen LogP contribution in [-0.4, -0.2) is 11.9 Å². The molecule has 4 nitrogen and oxygen atoms in total. The molecule has 96 valence electrons. The Balaban J connectivity index is 2.98. The molecular weight excluding hydrogens is 232 g/mol. The molecule has 1 atom stereocenters. The van der Waals surface area contributed by atoms with Crippen molar-refractivity contribution in [1.29, 1.82) is 0 Å². The molecule has 0 fully saturated rings. The van der Waals surface area contributed by atoms with Crippen LogP contribution in [0.4, 0.5) is 0 Å². The van der Waals surface area contributed by atoms with Crippen molar-refractivity contribution < 1.29 is 19.1 Å². The number of carbonyl (C=O) groups is 2. The lowest BCUT2D eigenvalue weighted by Crippen LogP contribution is -2.25. The summed E-state index contributed by atoms with van der Waals surface area (Å²) in [6, 6.07) is 6.73. The zero-order valence-electron chi connectivity index (χ0n) is 10.7. The van der Waals surface area contributed by atoms with Crippen molar-refractivity contribution in [1.82, 2.24) is 0 Å². The summed E-state index contributed by atoms with van der Waals surface area (Å²) in [4.78, 5) is 21.9. The number of hydrogen-bond acceptors (Lipinski definition) is 4. The van der Waals surface area contributed by atoms with Gasteiger partial charge in [-0.25, -0.2) is 0 Å². The Bertz CT molecular complexity index is 461. The Morgan fingerprint density at radius 1 is 1.17 bits per heavy atom. The van der Waals surface area contributed by atoms with Crippen LogP contribution >= 0.6 is 0 Å². The second kappa shape index (κ2) is 5.49. The number of benzene rings is 1. The van der Waals surface area contributed by atoms with E-state index in [1.54, 1.807) is 37.3 Å². The first-order chi connectivity index (χ1) is 8.37. The smallest absolute Gasteiger partial charge is 0.308 e. The summed E-state index contributed by atoms with van der Waals surface area (Å²) in [6.07, 6.45) is 1.55. The molecule has 0 heterocycles. The fourth-order valence-corrected chi connectivity index (χ4v) is 1.54. The first-order valence-corrected chi connectivity index (χ1v) is 5.49. The van der Waals surface area contributed by atoms with Crippen molar-refractivity contribution in [3.8, 4) is 5.75 Å². The molecule has 0 aliphatic heterocycles. The maximum Gasteiger partial charge on any atom is 0.308 e. The predicted molar refractivity (Wildman–Crippen MR) is 67.1 cm³/mol. The van der Waals surface area contributed by atoms with E-state index in [-0.39, 0.29) is 11.9 Å². The fraction of sp³-hybridized carbons (Fsp3) is 0.286. The molecule has 0 unspecified atom stereocenters. The van der Waals surface area contributed by atoms with Crippen LogP contribution < -0.4 is 4.74 Å². The zero-order valence-corrected chi connectivity index (χ0v) is 10.7. The van der Waals surface area contributed by atoms with E-state index in [0.717, 1.165) is 5.56 Å². The minimum absolute atomic E-state index is 0.380. The second-order valence-electron chi connectivity index (χ2n) is 4.02. The Labute approximate surface area is 106 Å². The Hall–Kier alpha value is -2.10. The van der Waals surface area contributed by atoms with Crippen LogP contribution in [0.15, 0.2) is 36.9 Å². The van der Waals surface area contributed by atoms with Crippen molar-refractivity contribution in [2.24, 2.45) is 0 Å². The first-order valence-electron chi connectivity index (χ1n) is 5.49. The van der Waals surface area contributed by atoms with Gasteiger partial charge in [-0.15, -0.1) is 0 Å². The minimum atomic E-state index is -0.888. The van der Waals surface area contributed by atoms with Crippen molar-refractivity contribution >= 4 is 11.9 Å². The molecule has 0 amide bonds. The van der Waals surface area contributed by atoms with E-state index in [1.807, 2.05) is 0 Å². The quantitative estimate of drug-likeness (QED) is 0.467. The van der Waals surface area contributed by atoms with Gasteiger partial charge in [-0.05, 0) is 30.7 Å². The summed E-state index contributed by atoms with van der Waals surface area (Å²) in [5.74, 6) is -0.323. The number of rotatable bonds is 4. The number of ether oxygens (including phenoxy) is 2. The average Bonchev–Trinajstić information content (AvgIpc) is 2.28. The lowest BCUT2D eigenvalue weighted by Gasteiger charge is -2.26. The normalized spacial score (nSPS) is 13.3. The summed E-state index contributed by atoms with van der Waals surface area (Å²) in [5, 5.41) is 0. The van der Waals surface area contributed by atoms with Gasteiger partial charge in [0.25, 0.3) is 0 Å². The van der Waals surface area contributed by atoms with Crippen molar-refractivity contribution in [2.75, 3.05) is 0 Å². The lowest BCUT2D eigenvalue weighted by atomic mass is 9.96. The maximum absolute atomic E-state index is 11.1. The lowest BCUT2D eigenvalue weighted by molar-refractivity contribution is -0.151. The van der Waals surface area contributed by atoms with Crippen LogP contribution in [0.1, 0.15) is 26.3 Å². The van der Waals surface area contributed by atoms with Crippen LogP contribution in [0.5, 0.6) is 5.75 Å². The van der Waals surface area contributed by atoms with Gasteiger partial charge in [0.1, 0.15) is 5.75 Å². The highest BCUT2D eigenvalue weighted by Gasteiger charge is 2.26. The van der Waals surface area contributed by atoms with Crippen LogP contribution in [0.3, 0.4) is 0 Å². The van der Waals surface area contributed by atoms with Crippen molar-refractivity contribution in [2.45, 2.75) is 26.4 Å². The molecule has 0 aromatic heterocycles. The summed E-state index contributed by atoms with van der Waals surface area (Å²) >= 11 is 0. The van der Waals surface area contributed by atoms with Crippen LogP contribution in [0.25, 0.3) is 0 Å². The molecule has 0 bridgehead atoms. The SMILES string of the molecule is C=C[C@@](C)(OC(C)=O)c1ccc(OC(C)=O)cc1. The monoisotopic (exact) mass is 248 g/mol. The summed E-state index contributed by atoms with van der Waals surface area (Å²) in [5.41, 5.74) is -0.135. The number of hydrogen-bond donors (Lipinski definition) is 0. The summed E-state index contributed by atoms with van der Waals surface area (Å²) < 4.78 is 10.2. The highest BCUT2D eigenvalue weighted by atomic mass is 16.6. The van der Waals surface area contributed by atoms with E-state index >= 15 is 0 Å². The highest BCUT2D eigenvalue weighted by Crippen LogP contribution is 2.28. The van der Waals surface area contributed by atoms with Gasteiger partial charge in [-0.1, -0.05) is 18.7 Å². The Morgan fingerprint density at radius 2 is 1.72 bits per heavy atom. The van der Waals surface area contributed by atoms with Gasteiger partial charge in [0.2, 0.25) is 0 Å². The van der Waals surface area contributed by atoms with Gasteiger partial charge in [0.05, 0.1) is 0 Å². The van der Waals surface area contributed by atoms with E-state index in [0.29, 0.717) is 5.75 Å². The predicted octanol–water partition coefficient (Wildman–Crippen LogP) is 2.58. The van der Waals surface area contributed by atoms with E-state index in [9.17, 15) is 9.59 Å². The number of esters is 2. The van der Waals surface area contributed by atoms with E-state index < -0.39 is 5.60 Å². The zero-order chi connectivity index (χ0) is 13.8. The molecule has 1 rings (SSSR count). The van der Waals surface area contributed by atoms with Crippen LogP contribution in [0, 0.1) is 0 Å². The van der Waals surface area contributed by atoms with Gasteiger partial charge in [-0.2, -0.15) is 0 Å². The third-order valence-corrected chi connectivity index (χ3v) is 2.43. The largest absolute Gasteiger partial charge is 0.450 e. The second-order valence-corrected chi connectivity index (χ2v) is 4.02. The summed E-state index contributed by atoms with van der Waals surface area (Å²) in [7, 11) is 0. The highest BCUT2D eigenvalue weighted by molar-refractivity contribution is 5.69. The molecule has 1 aromatic carbocycles. The minimum Gasteiger partial charge on any atom is -0.450 e.